The lowest BCUT2D eigenvalue weighted by molar-refractivity contribution is -0.385. The van der Waals surface area contributed by atoms with Gasteiger partial charge in [-0.1, -0.05) is 12.6 Å². The summed E-state index contributed by atoms with van der Waals surface area (Å²) in [7, 11) is -1.86. The summed E-state index contributed by atoms with van der Waals surface area (Å²) in [4.78, 5) is 33.5. The zero-order valence-electron chi connectivity index (χ0n) is 13.1. The molecule has 0 saturated carbocycles. The molecule has 24 heavy (non-hydrogen) atoms. The molecule has 0 aliphatic carbocycles. The summed E-state index contributed by atoms with van der Waals surface area (Å²) in [5, 5.41) is 34.2. The minimum Gasteiger partial charge on any atom is -0.423 e. The number of nitro groups is 1. The van der Waals surface area contributed by atoms with Crippen molar-refractivity contribution in [1.29, 1.82) is 0 Å². The molecule has 0 aliphatic rings. The number of nitrogens with zero attached hydrogens (tertiary/aromatic N) is 1. The Labute approximate surface area is 138 Å². The zero-order chi connectivity index (χ0) is 18.3. The number of amides is 2. The van der Waals surface area contributed by atoms with E-state index >= 15 is 0 Å². The van der Waals surface area contributed by atoms with E-state index in [2.05, 4.69) is 17.2 Å². The predicted octanol–water partition coefficient (Wildman–Crippen LogP) is -0.913. The van der Waals surface area contributed by atoms with Gasteiger partial charge >= 0.3 is 7.12 Å². The largest absolute Gasteiger partial charge is 0.488 e. The molecule has 0 radical (unpaired) electrons. The second-order valence-corrected chi connectivity index (χ2v) is 5.05. The van der Waals surface area contributed by atoms with E-state index in [1.54, 1.807) is 6.92 Å². The van der Waals surface area contributed by atoms with Crippen molar-refractivity contribution in [1.82, 2.24) is 10.6 Å². The highest BCUT2D eigenvalue weighted by molar-refractivity contribution is 6.58. The van der Waals surface area contributed by atoms with Gasteiger partial charge in [-0.05, 0) is 24.9 Å². The third kappa shape index (κ3) is 5.49. The molecule has 128 valence electrons. The van der Waals surface area contributed by atoms with Gasteiger partial charge in [0.15, 0.2) is 0 Å². The molecule has 4 N–H and O–H groups in total. The fourth-order valence-electron chi connectivity index (χ4n) is 1.79. The van der Waals surface area contributed by atoms with Crippen molar-refractivity contribution in [2.75, 3.05) is 13.1 Å². The van der Waals surface area contributed by atoms with Gasteiger partial charge in [-0.25, -0.2) is 0 Å². The summed E-state index contributed by atoms with van der Waals surface area (Å²) in [5.74, 6) is -0.943. The summed E-state index contributed by atoms with van der Waals surface area (Å²) in [6, 6.07) is 3.32. The number of nitro benzene ring substituents is 1. The van der Waals surface area contributed by atoms with E-state index in [0.29, 0.717) is 18.5 Å². The van der Waals surface area contributed by atoms with Crippen LogP contribution in [0.3, 0.4) is 0 Å². The van der Waals surface area contributed by atoms with E-state index in [1.807, 2.05) is 0 Å². The van der Waals surface area contributed by atoms with E-state index < -0.39 is 23.6 Å². The van der Waals surface area contributed by atoms with E-state index in [0.717, 1.165) is 12.1 Å². The molecule has 1 aromatic rings. The molecule has 1 aromatic carbocycles. The lowest BCUT2D eigenvalue weighted by Gasteiger charge is -2.08. The third-order valence-corrected chi connectivity index (χ3v) is 3.07. The van der Waals surface area contributed by atoms with E-state index in [-0.39, 0.29) is 23.5 Å². The number of rotatable bonds is 8. The van der Waals surface area contributed by atoms with Crippen molar-refractivity contribution in [3.63, 3.8) is 0 Å². The fraction of sp³-hybridized carbons (Fsp3) is 0.286. The van der Waals surface area contributed by atoms with E-state index in [9.17, 15) is 19.7 Å². The highest BCUT2D eigenvalue weighted by Gasteiger charge is 2.23. The molecule has 0 fully saturated rings. The van der Waals surface area contributed by atoms with Crippen LogP contribution in [0.2, 0.25) is 0 Å². The fourth-order valence-corrected chi connectivity index (χ4v) is 1.79. The molecular weight excluding hydrogens is 317 g/mol. The molecule has 0 unspecified atom stereocenters. The smallest absolute Gasteiger partial charge is 0.423 e. The number of carbonyl (C=O) groups excluding carboxylic acids is 2. The molecule has 0 bridgehead atoms. The van der Waals surface area contributed by atoms with Gasteiger partial charge in [0.1, 0.15) is 5.56 Å². The summed E-state index contributed by atoms with van der Waals surface area (Å²) in [5.41, 5.74) is -0.411. The van der Waals surface area contributed by atoms with E-state index in [4.69, 9.17) is 10.0 Å². The number of benzene rings is 1. The lowest BCUT2D eigenvalue weighted by Crippen LogP contribution is -2.32. The summed E-state index contributed by atoms with van der Waals surface area (Å²) in [6.45, 7) is 5.59. The number of nitrogens with one attached hydrogen (secondary N) is 2. The predicted molar refractivity (Wildman–Crippen MR) is 87.7 cm³/mol. The molecule has 0 heterocycles. The van der Waals surface area contributed by atoms with Crippen molar-refractivity contribution in [3.8, 4) is 0 Å². The van der Waals surface area contributed by atoms with Crippen LogP contribution in [-0.4, -0.2) is 47.0 Å². The summed E-state index contributed by atoms with van der Waals surface area (Å²) < 4.78 is 0. The minimum absolute atomic E-state index is 0.0826. The Morgan fingerprint density at radius 1 is 1.29 bits per heavy atom. The molecule has 2 amide bonds. The quantitative estimate of drug-likeness (QED) is 0.159. The Bertz CT molecular complexity index is 662. The van der Waals surface area contributed by atoms with Crippen molar-refractivity contribution in [2.45, 2.75) is 13.3 Å². The molecule has 0 aromatic heterocycles. The van der Waals surface area contributed by atoms with Gasteiger partial charge in [-0.2, -0.15) is 0 Å². The van der Waals surface area contributed by atoms with Gasteiger partial charge in [-0.15, -0.1) is 0 Å². The first kappa shape index (κ1) is 19.3. The third-order valence-electron chi connectivity index (χ3n) is 3.07. The first-order valence-corrected chi connectivity index (χ1v) is 7.10. The molecule has 9 nitrogen and oxygen atoms in total. The zero-order valence-corrected chi connectivity index (χ0v) is 13.1. The Morgan fingerprint density at radius 2 is 1.92 bits per heavy atom. The average Bonchev–Trinajstić information content (AvgIpc) is 2.53. The Kier molecular flexibility index (Phi) is 7.09. The SMILES string of the molecule is C=C(C)C(=O)NCCCNC(=O)c1ccc(B(O)O)cc1[N+](=O)[O-]. The number of carbonyl (C=O) groups is 2. The second-order valence-electron chi connectivity index (χ2n) is 5.05. The van der Waals surface area contributed by atoms with Crippen LogP contribution in [0, 0.1) is 10.1 Å². The molecule has 0 saturated heterocycles. The van der Waals surface area contributed by atoms with Gasteiger partial charge < -0.3 is 20.7 Å². The van der Waals surface area contributed by atoms with Crippen LogP contribution in [0.1, 0.15) is 23.7 Å². The Hall–Kier alpha value is -2.72. The summed E-state index contributed by atoms with van der Waals surface area (Å²) in [6.07, 6.45) is 0.437. The maximum atomic E-state index is 12.0. The minimum atomic E-state index is -1.86. The normalized spacial score (nSPS) is 9.96. The maximum Gasteiger partial charge on any atom is 0.488 e. The first-order valence-electron chi connectivity index (χ1n) is 7.10. The molecule has 1 rings (SSSR count). The van der Waals surface area contributed by atoms with Gasteiger partial charge in [0.05, 0.1) is 4.92 Å². The standard InChI is InChI=1S/C14H18BN3O6/c1-9(2)13(19)16-6-3-7-17-14(20)11-5-4-10(15(21)22)8-12(11)18(23)24/h4-5,8,21-22H,1,3,6-7H2,2H3,(H,16,19)(H,17,20). The topological polar surface area (TPSA) is 142 Å². The van der Waals surface area contributed by atoms with Crippen LogP contribution in [0.4, 0.5) is 5.69 Å². The van der Waals surface area contributed by atoms with Crippen LogP contribution in [0.5, 0.6) is 0 Å². The van der Waals surface area contributed by atoms with Gasteiger partial charge in [-0.3, -0.25) is 19.7 Å². The highest BCUT2D eigenvalue weighted by Crippen LogP contribution is 2.16. The van der Waals surface area contributed by atoms with Crippen LogP contribution in [0.25, 0.3) is 0 Å². The first-order chi connectivity index (χ1) is 11.2. The van der Waals surface area contributed by atoms with Gasteiger partial charge in [0, 0.05) is 24.7 Å². The number of hydrogen-bond donors (Lipinski definition) is 4. The molecule has 0 atom stereocenters. The lowest BCUT2D eigenvalue weighted by atomic mass is 9.79. The van der Waals surface area contributed by atoms with Crippen molar-refractivity contribution < 1.29 is 24.6 Å². The number of hydrogen-bond acceptors (Lipinski definition) is 6. The molecular formula is C14H18BN3O6. The average molecular weight is 335 g/mol. The Balaban J connectivity index is 2.63. The van der Waals surface area contributed by atoms with Crippen molar-refractivity contribution in [2.24, 2.45) is 0 Å². The second kappa shape index (κ2) is 8.80. The maximum absolute atomic E-state index is 12.0. The highest BCUT2D eigenvalue weighted by atomic mass is 16.6. The summed E-state index contributed by atoms with van der Waals surface area (Å²) >= 11 is 0. The molecule has 0 aliphatic heterocycles. The van der Waals surface area contributed by atoms with Crippen LogP contribution < -0.4 is 16.1 Å². The van der Waals surface area contributed by atoms with Gasteiger partial charge in [0.2, 0.25) is 5.91 Å². The van der Waals surface area contributed by atoms with Crippen LogP contribution in [0.15, 0.2) is 30.4 Å². The molecule has 10 heteroatoms. The van der Waals surface area contributed by atoms with Crippen molar-refractivity contribution in [3.05, 3.63) is 46.0 Å². The monoisotopic (exact) mass is 335 g/mol. The van der Waals surface area contributed by atoms with Gasteiger partial charge in [0.25, 0.3) is 11.6 Å². The van der Waals surface area contributed by atoms with Crippen molar-refractivity contribution >= 4 is 30.1 Å². The van der Waals surface area contributed by atoms with Crippen LogP contribution >= 0.6 is 0 Å². The van der Waals surface area contributed by atoms with E-state index in [1.165, 1.54) is 6.07 Å². The Morgan fingerprint density at radius 3 is 2.46 bits per heavy atom. The molecule has 0 spiro atoms. The van der Waals surface area contributed by atoms with Crippen LogP contribution in [-0.2, 0) is 4.79 Å².